The molecule has 1 saturated heterocycles. The zero-order valence-corrected chi connectivity index (χ0v) is 9.38. The number of allylic oxidation sites excluding steroid dienone is 4. The lowest BCUT2D eigenvalue weighted by Crippen LogP contribution is -2.47. The molecule has 0 bridgehead atoms. The molecule has 0 aromatic rings. The fraction of sp³-hybridized carbons (Fsp3) is 0.538. The summed E-state index contributed by atoms with van der Waals surface area (Å²) in [5, 5.41) is 2.55. The first-order valence-electron chi connectivity index (χ1n) is 5.77. The van der Waals surface area contributed by atoms with Crippen LogP contribution in [0.5, 0.6) is 0 Å². The monoisotopic (exact) mass is 217 g/mol. The van der Waals surface area contributed by atoms with Crippen LogP contribution >= 0.6 is 0 Å². The van der Waals surface area contributed by atoms with Crippen LogP contribution in [0.25, 0.3) is 0 Å². The van der Waals surface area contributed by atoms with Gasteiger partial charge in [-0.25, -0.2) is 0 Å². The third-order valence-electron chi connectivity index (χ3n) is 4.49. The predicted octanol–water partition coefficient (Wildman–Crippen LogP) is 1.71. The summed E-state index contributed by atoms with van der Waals surface area (Å²) in [5.41, 5.74) is 0.256. The van der Waals surface area contributed by atoms with E-state index in [0.717, 1.165) is 6.42 Å². The van der Waals surface area contributed by atoms with Crippen molar-refractivity contribution in [2.45, 2.75) is 32.6 Å². The summed E-state index contributed by atoms with van der Waals surface area (Å²) >= 11 is 0. The average Bonchev–Trinajstić information content (AvgIpc) is 2.49. The van der Waals surface area contributed by atoms with Gasteiger partial charge in [-0.3, -0.25) is 14.9 Å². The van der Waals surface area contributed by atoms with Crippen LogP contribution in [0, 0.1) is 10.8 Å². The Bertz CT molecular complexity index is 449. The molecular weight excluding hydrogens is 202 g/mol. The summed E-state index contributed by atoms with van der Waals surface area (Å²) in [5.74, 6) is -0.125. The Labute approximate surface area is 94.6 Å². The van der Waals surface area contributed by atoms with Gasteiger partial charge in [0.25, 0.3) is 0 Å². The summed E-state index contributed by atoms with van der Waals surface area (Å²) in [6.45, 7) is 2.05. The zero-order chi connectivity index (χ0) is 11.4. The van der Waals surface area contributed by atoms with E-state index in [1.165, 1.54) is 5.57 Å². The quantitative estimate of drug-likeness (QED) is 0.496. The van der Waals surface area contributed by atoms with Crippen molar-refractivity contribution in [1.29, 1.82) is 0 Å². The van der Waals surface area contributed by atoms with Gasteiger partial charge in [0.15, 0.2) is 0 Å². The van der Waals surface area contributed by atoms with Crippen molar-refractivity contribution < 1.29 is 9.59 Å². The Morgan fingerprint density at radius 1 is 1.06 bits per heavy atom. The first-order chi connectivity index (χ1) is 7.61. The van der Waals surface area contributed by atoms with Crippen LogP contribution in [0.1, 0.15) is 32.6 Å². The molecule has 0 unspecified atom stereocenters. The molecular formula is C13H15NO2. The molecule has 3 rings (SSSR count). The maximum Gasteiger partial charge on any atom is 0.234 e. The van der Waals surface area contributed by atoms with E-state index in [9.17, 15) is 9.59 Å². The second-order valence-electron chi connectivity index (χ2n) is 5.26. The van der Waals surface area contributed by atoms with E-state index in [2.05, 4.69) is 17.5 Å². The molecule has 3 heteroatoms. The molecule has 84 valence electrons. The highest BCUT2D eigenvalue weighted by Crippen LogP contribution is 2.59. The summed E-state index contributed by atoms with van der Waals surface area (Å²) in [6.07, 6.45) is 9.06. The van der Waals surface area contributed by atoms with Gasteiger partial charge in [-0.05, 0) is 32.6 Å². The van der Waals surface area contributed by atoms with E-state index < -0.39 is 10.8 Å². The standard InChI is InChI=1S/C13H15NO2/c1-9-4-7-12-5-2-3-6-13(12,8-9)11(16)14-10(12)15/h2-4H,5-8H2,1H3,(H,14,15,16)/t12-,13-/m1/s1. The van der Waals surface area contributed by atoms with Crippen molar-refractivity contribution >= 4 is 11.8 Å². The second kappa shape index (κ2) is 2.84. The van der Waals surface area contributed by atoms with E-state index >= 15 is 0 Å². The molecule has 1 heterocycles. The van der Waals surface area contributed by atoms with Crippen LogP contribution in [0.4, 0.5) is 0 Å². The summed E-state index contributed by atoms with van der Waals surface area (Å²) in [7, 11) is 0. The van der Waals surface area contributed by atoms with Gasteiger partial charge >= 0.3 is 0 Å². The number of rotatable bonds is 0. The number of hydrogen-bond acceptors (Lipinski definition) is 2. The molecule has 16 heavy (non-hydrogen) atoms. The van der Waals surface area contributed by atoms with Crippen molar-refractivity contribution in [2.75, 3.05) is 0 Å². The van der Waals surface area contributed by atoms with Crippen molar-refractivity contribution in [3.05, 3.63) is 23.8 Å². The molecule has 2 atom stereocenters. The van der Waals surface area contributed by atoms with Gasteiger partial charge in [-0.2, -0.15) is 0 Å². The molecule has 3 aliphatic rings. The molecule has 0 radical (unpaired) electrons. The van der Waals surface area contributed by atoms with Gasteiger partial charge in [0.05, 0.1) is 10.8 Å². The van der Waals surface area contributed by atoms with Crippen LogP contribution in [0.3, 0.4) is 0 Å². The first kappa shape index (κ1) is 9.82. The minimum atomic E-state index is -0.488. The minimum absolute atomic E-state index is 0.0608. The van der Waals surface area contributed by atoms with Crippen molar-refractivity contribution in [2.24, 2.45) is 10.8 Å². The second-order valence-corrected chi connectivity index (χ2v) is 5.26. The van der Waals surface area contributed by atoms with E-state index in [0.29, 0.717) is 19.3 Å². The Balaban J connectivity index is 2.21. The Hall–Kier alpha value is -1.38. The van der Waals surface area contributed by atoms with Crippen LogP contribution in [0.2, 0.25) is 0 Å². The van der Waals surface area contributed by atoms with Gasteiger partial charge in [-0.1, -0.05) is 23.8 Å². The number of amides is 2. The van der Waals surface area contributed by atoms with Gasteiger partial charge in [0.1, 0.15) is 0 Å². The molecule has 1 fully saturated rings. The van der Waals surface area contributed by atoms with Crippen molar-refractivity contribution in [3.8, 4) is 0 Å². The smallest absolute Gasteiger partial charge is 0.234 e. The lowest BCUT2D eigenvalue weighted by molar-refractivity contribution is -0.136. The third kappa shape index (κ3) is 0.896. The number of nitrogens with one attached hydrogen (secondary N) is 1. The fourth-order valence-corrected chi connectivity index (χ4v) is 3.51. The Kier molecular flexibility index (Phi) is 1.74. The summed E-state index contributed by atoms with van der Waals surface area (Å²) < 4.78 is 0. The predicted molar refractivity (Wildman–Crippen MR) is 59.4 cm³/mol. The molecule has 2 amide bonds. The summed E-state index contributed by atoms with van der Waals surface area (Å²) in [4.78, 5) is 24.2. The maximum atomic E-state index is 12.1. The topological polar surface area (TPSA) is 46.2 Å². The number of carbonyl (C=O) groups is 2. The number of hydrogen-bond donors (Lipinski definition) is 1. The van der Waals surface area contributed by atoms with E-state index in [1.807, 2.05) is 13.0 Å². The highest BCUT2D eigenvalue weighted by molar-refractivity contribution is 6.10. The Morgan fingerprint density at radius 2 is 1.69 bits per heavy atom. The average molecular weight is 217 g/mol. The zero-order valence-electron chi connectivity index (χ0n) is 9.38. The lowest BCUT2D eigenvalue weighted by Gasteiger charge is -2.45. The molecule has 0 saturated carbocycles. The number of imide groups is 1. The number of carbonyl (C=O) groups excluding carboxylic acids is 2. The summed E-state index contributed by atoms with van der Waals surface area (Å²) in [6, 6.07) is 0. The third-order valence-corrected chi connectivity index (χ3v) is 4.49. The Morgan fingerprint density at radius 3 is 2.44 bits per heavy atom. The molecule has 1 N–H and O–H groups in total. The highest BCUT2D eigenvalue weighted by Gasteiger charge is 2.65. The van der Waals surface area contributed by atoms with Crippen LogP contribution in [-0.4, -0.2) is 11.8 Å². The maximum absolute atomic E-state index is 12.1. The molecule has 0 aromatic heterocycles. The van der Waals surface area contributed by atoms with Crippen molar-refractivity contribution in [3.63, 3.8) is 0 Å². The van der Waals surface area contributed by atoms with Crippen LogP contribution in [0.15, 0.2) is 23.8 Å². The fourth-order valence-electron chi connectivity index (χ4n) is 3.51. The minimum Gasteiger partial charge on any atom is -0.295 e. The van der Waals surface area contributed by atoms with E-state index in [4.69, 9.17) is 0 Å². The normalized spacial score (nSPS) is 41.2. The molecule has 3 nitrogen and oxygen atoms in total. The molecule has 2 aliphatic carbocycles. The van der Waals surface area contributed by atoms with Gasteiger partial charge in [0.2, 0.25) is 11.8 Å². The highest BCUT2D eigenvalue weighted by atomic mass is 16.2. The first-order valence-corrected chi connectivity index (χ1v) is 5.77. The van der Waals surface area contributed by atoms with E-state index in [-0.39, 0.29) is 11.8 Å². The lowest BCUT2D eigenvalue weighted by atomic mass is 9.53. The SMILES string of the molecule is CC1=CC[C@@]23CC=CC[C@@]2(C1)C(=O)NC3=O. The van der Waals surface area contributed by atoms with Gasteiger partial charge in [0, 0.05) is 0 Å². The molecule has 0 spiro atoms. The van der Waals surface area contributed by atoms with Crippen LogP contribution in [-0.2, 0) is 9.59 Å². The van der Waals surface area contributed by atoms with Crippen LogP contribution < -0.4 is 5.32 Å². The largest absolute Gasteiger partial charge is 0.295 e. The molecule has 1 aliphatic heterocycles. The van der Waals surface area contributed by atoms with E-state index in [1.54, 1.807) is 0 Å². The van der Waals surface area contributed by atoms with Gasteiger partial charge in [-0.15, -0.1) is 0 Å². The molecule has 0 aromatic carbocycles. The van der Waals surface area contributed by atoms with Gasteiger partial charge < -0.3 is 0 Å². The van der Waals surface area contributed by atoms with Crippen molar-refractivity contribution in [1.82, 2.24) is 5.32 Å².